The van der Waals surface area contributed by atoms with Crippen molar-refractivity contribution in [2.75, 3.05) is 5.32 Å². The molecule has 4 fully saturated rings. The van der Waals surface area contributed by atoms with Crippen molar-refractivity contribution in [3.05, 3.63) is 70.9 Å². The standard InChI is InChI=1S/C25H25N3O2/c29-23-21-4-1-5-22(20(21)6-8-28(23)15-16-3-2-7-26-14-16)27-24(30)25-12-17-9-18(13-25)11-19(25)10-17/h1-8,14,17-19H,9-13,15H2,(H,27,30)/t17-,18+,19+,25-. The summed E-state index contributed by atoms with van der Waals surface area (Å²) in [6.45, 7) is 0.479. The Bertz CT molecular complexity index is 1190. The van der Waals surface area contributed by atoms with Crippen molar-refractivity contribution in [1.82, 2.24) is 9.55 Å². The van der Waals surface area contributed by atoms with E-state index in [1.165, 1.54) is 19.3 Å². The lowest BCUT2D eigenvalue weighted by Crippen LogP contribution is -2.37. The minimum atomic E-state index is -0.176. The van der Waals surface area contributed by atoms with Gasteiger partial charge in [-0.3, -0.25) is 14.6 Å². The van der Waals surface area contributed by atoms with Gasteiger partial charge >= 0.3 is 0 Å². The molecule has 4 saturated carbocycles. The number of benzene rings is 1. The van der Waals surface area contributed by atoms with Crippen molar-refractivity contribution >= 4 is 22.4 Å². The largest absolute Gasteiger partial charge is 0.325 e. The number of carbonyl (C=O) groups is 1. The van der Waals surface area contributed by atoms with Crippen LogP contribution in [0, 0.1) is 23.2 Å². The first-order valence-corrected chi connectivity index (χ1v) is 10.9. The second-order valence-corrected chi connectivity index (χ2v) is 9.53. The number of rotatable bonds is 4. The van der Waals surface area contributed by atoms with Crippen LogP contribution in [-0.4, -0.2) is 15.5 Å². The van der Waals surface area contributed by atoms with Crippen molar-refractivity contribution in [3.63, 3.8) is 0 Å². The molecule has 4 bridgehead atoms. The van der Waals surface area contributed by atoms with E-state index in [4.69, 9.17) is 0 Å². The molecule has 0 saturated heterocycles. The van der Waals surface area contributed by atoms with Gasteiger partial charge in [-0.2, -0.15) is 0 Å². The highest BCUT2D eigenvalue weighted by Crippen LogP contribution is 2.65. The third kappa shape index (κ3) is 2.64. The van der Waals surface area contributed by atoms with E-state index in [0.717, 1.165) is 41.3 Å². The molecule has 0 spiro atoms. The molecule has 30 heavy (non-hydrogen) atoms. The highest BCUT2D eigenvalue weighted by atomic mass is 16.2. The van der Waals surface area contributed by atoms with Crippen LogP contribution >= 0.6 is 0 Å². The van der Waals surface area contributed by atoms with Crippen LogP contribution in [0.1, 0.15) is 37.7 Å². The van der Waals surface area contributed by atoms with Gasteiger partial charge in [-0.1, -0.05) is 12.1 Å². The molecule has 4 aliphatic rings. The van der Waals surface area contributed by atoms with E-state index in [9.17, 15) is 9.59 Å². The zero-order valence-corrected chi connectivity index (χ0v) is 16.9. The van der Waals surface area contributed by atoms with Gasteiger partial charge in [0.05, 0.1) is 12.0 Å². The van der Waals surface area contributed by atoms with Crippen LogP contribution in [0.15, 0.2) is 59.8 Å². The zero-order chi connectivity index (χ0) is 20.3. The van der Waals surface area contributed by atoms with Crippen LogP contribution in [0.5, 0.6) is 0 Å². The van der Waals surface area contributed by atoms with Crippen LogP contribution in [0.4, 0.5) is 5.69 Å². The smallest absolute Gasteiger partial charge is 0.258 e. The molecular formula is C25H25N3O2. The van der Waals surface area contributed by atoms with E-state index < -0.39 is 0 Å². The molecule has 1 amide bonds. The van der Waals surface area contributed by atoms with E-state index in [0.29, 0.717) is 17.8 Å². The van der Waals surface area contributed by atoms with Gasteiger partial charge in [0.25, 0.3) is 5.56 Å². The quantitative estimate of drug-likeness (QED) is 0.715. The number of amides is 1. The Labute approximate surface area is 175 Å². The van der Waals surface area contributed by atoms with Crippen LogP contribution < -0.4 is 10.9 Å². The summed E-state index contributed by atoms with van der Waals surface area (Å²) in [6.07, 6.45) is 11.2. The second kappa shape index (κ2) is 6.53. The van der Waals surface area contributed by atoms with Gasteiger partial charge < -0.3 is 9.88 Å². The minimum Gasteiger partial charge on any atom is -0.325 e. The third-order valence-corrected chi connectivity index (χ3v) is 7.78. The van der Waals surface area contributed by atoms with E-state index >= 15 is 0 Å². The fourth-order valence-corrected chi connectivity index (χ4v) is 6.65. The normalized spacial score (nSPS) is 28.9. The first-order valence-electron chi connectivity index (χ1n) is 10.9. The fraction of sp³-hybridized carbons (Fsp3) is 0.400. The van der Waals surface area contributed by atoms with Crippen molar-refractivity contribution in [2.45, 2.75) is 38.6 Å². The molecule has 0 radical (unpaired) electrons. The molecule has 152 valence electrons. The molecule has 1 aromatic carbocycles. The lowest BCUT2D eigenvalue weighted by molar-refractivity contribution is -0.127. The number of nitrogens with one attached hydrogen (secondary N) is 1. The van der Waals surface area contributed by atoms with E-state index in [1.807, 2.05) is 42.6 Å². The van der Waals surface area contributed by atoms with Gasteiger partial charge in [0, 0.05) is 35.1 Å². The Kier molecular flexibility index (Phi) is 3.89. The number of aromatic nitrogens is 2. The maximum absolute atomic E-state index is 13.4. The van der Waals surface area contributed by atoms with Gasteiger partial charge in [0.2, 0.25) is 5.91 Å². The monoisotopic (exact) mass is 399 g/mol. The molecule has 4 aliphatic carbocycles. The Balaban J connectivity index is 1.32. The molecule has 0 unspecified atom stereocenters. The van der Waals surface area contributed by atoms with E-state index in [-0.39, 0.29) is 16.9 Å². The van der Waals surface area contributed by atoms with Crippen molar-refractivity contribution in [3.8, 4) is 0 Å². The molecular weight excluding hydrogens is 374 g/mol. The highest BCUT2D eigenvalue weighted by molar-refractivity contribution is 6.04. The van der Waals surface area contributed by atoms with Gasteiger partial charge in [-0.15, -0.1) is 0 Å². The van der Waals surface area contributed by atoms with E-state index in [2.05, 4.69) is 10.3 Å². The summed E-state index contributed by atoms with van der Waals surface area (Å²) in [7, 11) is 0. The summed E-state index contributed by atoms with van der Waals surface area (Å²) in [6, 6.07) is 11.4. The Morgan fingerprint density at radius 1 is 1.07 bits per heavy atom. The highest BCUT2D eigenvalue weighted by Gasteiger charge is 2.61. The topological polar surface area (TPSA) is 64.0 Å². The zero-order valence-electron chi connectivity index (χ0n) is 16.9. The fourth-order valence-electron chi connectivity index (χ4n) is 6.65. The molecule has 2 aromatic heterocycles. The average molecular weight is 399 g/mol. The molecule has 0 aliphatic heterocycles. The average Bonchev–Trinajstić information content (AvgIpc) is 3.16. The van der Waals surface area contributed by atoms with Crippen molar-refractivity contribution in [2.24, 2.45) is 23.2 Å². The van der Waals surface area contributed by atoms with Crippen LogP contribution in [-0.2, 0) is 11.3 Å². The Hall–Kier alpha value is -2.95. The Morgan fingerprint density at radius 2 is 1.90 bits per heavy atom. The van der Waals surface area contributed by atoms with Crippen molar-refractivity contribution < 1.29 is 4.79 Å². The number of hydrogen-bond acceptors (Lipinski definition) is 3. The Morgan fingerprint density at radius 3 is 2.67 bits per heavy atom. The maximum Gasteiger partial charge on any atom is 0.258 e. The summed E-state index contributed by atoms with van der Waals surface area (Å²) in [5.41, 5.74) is 1.51. The van der Waals surface area contributed by atoms with E-state index in [1.54, 1.807) is 17.0 Å². The number of pyridine rings is 2. The second-order valence-electron chi connectivity index (χ2n) is 9.53. The lowest BCUT2D eigenvalue weighted by Gasteiger charge is -2.31. The molecule has 4 atom stereocenters. The summed E-state index contributed by atoms with van der Waals surface area (Å²) < 4.78 is 1.70. The van der Waals surface area contributed by atoms with Crippen LogP contribution in [0.2, 0.25) is 0 Å². The summed E-state index contributed by atoms with van der Waals surface area (Å²) in [5, 5.41) is 4.68. The molecule has 2 heterocycles. The number of nitrogens with zero attached hydrogens (tertiary/aromatic N) is 2. The van der Waals surface area contributed by atoms with Crippen molar-refractivity contribution in [1.29, 1.82) is 0 Å². The predicted octanol–water partition coefficient (Wildman–Crippen LogP) is 4.21. The lowest BCUT2D eigenvalue weighted by atomic mass is 9.75. The van der Waals surface area contributed by atoms with Crippen LogP contribution in [0.25, 0.3) is 10.8 Å². The molecule has 5 heteroatoms. The molecule has 3 aromatic rings. The third-order valence-electron chi connectivity index (χ3n) is 7.78. The molecule has 5 nitrogen and oxygen atoms in total. The summed E-state index contributed by atoms with van der Waals surface area (Å²) >= 11 is 0. The number of carbonyl (C=O) groups excluding carboxylic acids is 1. The van der Waals surface area contributed by atoms with Gasteiger partial charge in [-0.05, 0) is 79.7 Å². The minimum absolute atomic E-state index is 0.0496. The molecule has 7 rings (SSSR count). The predicted molar refractivity (Wildman–Crippen MR) is 116 cm³/mol. The first-order chi connectivity index (χ1) is 14.6. The number of hydrogen-bond donors (Lipinski definition) is 1. The first kappa shape index (κ1) is 17.9. The number of fused-ring (bicyclic) bond motifs is 1. The summed E-state index contributed by atoms with van der Waals surface area (Å²) in [5.74, 6) is 2.19. The SMILES string of the molecule is O=C(Nc1cccc2c(=O)n(Cc3cccnc3)ccc12)[C@@]12C[C@@H]3C[C@@H](C[C@@H]1C3)C2. The maximum atomic E-state index is 13.4. The van der Waals surface area contributed by atoms with Crippen LogP contribution in [0.3, 0.4) is 0 Å². The van der Waals surface area contributed by atoms with Gasteiger partial charge in [-0.25, -0.2) is 0 Å². The van der Waals surface area contributed by atoms with Gasteiger partial charge in [0.15, 0.2) is 0 Å². The number of anilines is 1. The van der Waals surface area contributed by atoms with Gasteiger partial charge in [0.1, 0.15) is 0 Å². The summed E-state index contributed by atoms with van der Waals surface area (Å²) in [4.78, 5) is 30.6. The molecule has 1 N–H and O–H groups in total.